The van der Waals surface area contributed by atoms with Gasteiger partial charge in [-0.05, 0) is 48.0 Å². The molecule has 7 rings (SSSR count). The fourth-order valence-corrected chi connectivity index (χ4v) is 6.62. The van der Waals surface area contributed by atoms with Gasteiger partial charge in [0.2, 0.25) is 0 Å². The van der Waals surface area contributed by atoms with Crippen molar-refractivity contribution in [1.29, 1.82) is 0 Å². The molecule has 0 bridgehead atoms. The third kappa shape index (κ3) is 2.80. The molecule has 1 aromatic heterocycles. The molecule has 3 aromatic carbocycles. The molecule has 0 saturated carbocycles. The molecule has 4 aromatic rings. The average Bonchev–Trinajstić information content (AvgIpc) is 3.66. The minimum absolute atomic E-state index is 0.197. The van der Waals surface area contributed by atoms with Gasteiger partial charge in [0.05, 0.1) is 25.3 Å². The molecular formula is C32H23NO5. The van der Waals surface area contributed by atoms with Crippen LogP contribution in [0.15, 0.2) is 102 Å². The first-order valence-corrected chi connectivity index (χ1v) is 12.5. The van der Waals surface area contributed by atoms with E-state index in [1.165, 1.54) is 6.26 Å². The summed E-state index contributed by atoms with van der Waals surface area (Å²) in [4.78, 5) is 45.3. The van der Waals surface area contributed by atoms with Crippen LogP contribution in [-0.4, -0.2) is 36.5 Å². The Bertz CT molecular complexity index is 1600. The molecule has 0 unspecified atom stereocenters. The maximum absolute atomic E-state index is 14.5. The van der Waals surface area contributed by atoms with Crippen LogP contribution in [0.3, 0.4) is 0 Å². The Kier molecular flexibility index (Phi) is 4.82. The third-order valence-electron chi connectivity index (χ3n) is 8.21. The molecule has 1 fully saturated rings. The zero-order chi connectivity index (χ0) is 26.0. The monoisotopic (exact) mass is 501 g/mol. The highest BCUT2D eigenvalue weighted by atomic mass is 16.5. The Morgan fingerprint density at radius 2 is 1.55 bits per heavy atom. The molecule has 1 spiro atoms. The van der Waals surface area contributed by atoms with Crippen molar-refractivity contribution in [3.8, 4) is 5.75 Å². The topological polar surface area (TPSA) is 76.8 Å². The Morgan fingerprint density at radius 3 is 2.21 bits per heavy atom. The van der Waals surface area contributed by atoms with E-state index in [0.29, 0.717) is 28.2 Å². The number of carbonyl (C=O) groups excluding carboxylic acids is 3. The van der Waals surface area contributed by atoms with Gasteiger partial charge in [-0.15, -0.1) is 0 Å². The number of methoxy groups -OCH3 is 1. The van der Waals surface area contributed by atoms with Crippen molar-refractivity contribution in [3.63, 3.8) is 0 Å². The number of ketones is 3. The Balaban J connectivity index is 1.51. The molecule has 0 amide bonds. The van der Waals surface area contributed by atoms with Crippen LogP contribution in [0.1, 0.15) is 48.3 Å². The summed E-state index contributed by atoms with van der Waals surface area (Å²) in [6.45, 7) is 0. The van der Waals surface area contributed by atoms with Gasteiger partial charge >= 0.3 is 0 Å². The fourth-order valence-electron chi connectivity index (χ4n) is 6.62. The Hall–Kier alpha value is -4.71. The van der Waals surface area contributed by atoms with E-state index in [9.17, 15) is 14.4 Å². The molecule has 186 valence electrons. The van der Waals surface area contributed by atoms with E-state index in [1.807, 2.05) is 41.3 Å². The number of Topliss-reactive ketones (excluding diaryl/α,β-unsaturated/α-hetero) is 3. The summed E-state index contributed by atoms with van der Waals surface area (Å²) in [6, 6.07) is 23.6. The summed E-state index contributed by atoms with van der Waals surface area (Å²) < 4.78 is 11.2. The SMILES string of the molecule is COc1ccc(C(=O)[C@@H]2[C@H](c3ccco3)C3(C(=O)c4ccccc4C3=O)[C@H]3C=Cc4ccccc4N23)cc1. The first-order valence-electron chi connectivity index (χ1n) is 12.5. The van der Waals surface area contributed by atoms with Crippen LogP contribution < -0.4 is 9.64 Å². The second-order valence-corrected chi connectivity index (χ2v) is 9.87. The van der Waals surface area contributed by atoms with Gasteiger partial charge in [0.1, 0.15) is 23.0 Å². The summed E-state index contributed by atoms with van der Waals surface area (Å²) in [7, 11) is 1.57. The van der Waals surface area contributed by atoms with Crippen molar-refractivity contribution in [2.45, 2.75) is 18.0 Å². The quantitative estimate of drug-likeness (QED) is 0.267. The van der Waals surface area contributed by atoms with Gasteiger partial charge in [-0.25, -0.2) is 0 Å². The summed E-state index contributed by atoms with van der Waals surface area (Å²) >= 11 is 0. The van der Waals surface area contributed by atoms with Crippen molar-refractivity contribution in [3.05, 3.63) is 125 Å². The van der Waals surface area contributed by atoms with Crippen molar-refractivity contribution in [2.75, 3.05) is 12.0 Å². The van der Waals surface area contributed by atoms with E-state index in [4.69, 9.17) is 9.15 Å². The molecule has 6 nitrogen and oxygen atoms in total. The molecule has 38 heavy (non-hydrogen) atoms. The fraction of sp³-hybridized carbons (Fsp3) is 0.156. The van der Waals surface area contributed by atoms with Crippen LogP contribution in [-0.2, 0) is 0 Å². The van der Waals surface area contributed by atoms with Crippen molar-refractivity contribution < 1.29 is 23.5 Å². The normalized spacial score (nSPS) is 22.3. The van der Waals surface area contributed by atoms with E-state index in [1.54, 1.807) is 67.8 Å². The predicted octanol–water partition coefficient (Wildman–Crippen LogP) is 5.60. The zero-order valence-corrected chi connectivity index (χ0v) is 20.5. The minimum atomic E-state index is -1.56. The molecule has 3 aliphatic rings. The molecule has 2 aliphatic heterocycles. The lowest BCUT2D eigenvalue weighted by molar-refractivity contribution is 0.0652. The van der Waals surface area contributed by atoms with E-state index < -0.39 is 23.4 Å². The number of nitrogens with zero attached hydrogens (tertiary/aromatic N) is 1. The number of fused-ring (bicyclic) bond motifs is 5. The molecule has 1 saturated heterocycles. The van der Waals surface area contributed by atoms with Gasteiger partial charge in [-0.2, -0.15) is 0 Å². The highest BCUT2D eigenvalue weighted by molar-refractivity contribution is 6.32. The van der Waals surface area contributed by atoms with E-state index in [2.05, 4.69) is 0 Å². The standard InChI is InChI=1S/C32H23NO5/c1-37-21-15-12-20(13-16-21)29(34)28-27(25-11-6-18-38-25)32(30(35)22-8-3-4-9-23(22)31(32)36)26-17-14-19-7-2-5-10-24(19)33(26)28/h2-18,26-28H,1H3/t26-,27+,28+/m1/s1. The molecule has 3 heterocycles. The van der Waals surface area contributed by atoms with Crippen LogP contribution in [0.2, 0.25) is 0 Å². The minimum Gasteiger partial charge on any atom is -0.497 e. The van der Waals surface area contributed by atoms with Gasteiger partial charge in [-0.1, -0.05) is 54.6 Å². The third-order valence-corrected chi connectivity index (χ3v) is 8.21. The highest BCUT2D eigenvalue weighted by Crippen LogP contribution is 2.61. The average molecular weight is 502 g/mol. The number of para-hydroxylation sites is 1. The van der Waals surface area contributed by atoms with Gasteiger partial charge in [0.15, 0.2) is 17.3 Å². The maximum atomic E-state index is 14.5. The van der Waals surface area contributed by atoms with E-state index >= 15 is 0 Å². The predicted molar refractivity (Wildman–Crippen MR) is 142 cm³/mol. The van der Waals surface area contributed by atoms with Gasteiger partial charge in [0.25, 0.3) is 0 Å². The van der Waals surface area contributed by atoms with Crippen molar-refractivity contribution in [2.24, 2.45) is 5.41 Å². The molecule has 0 radical (unpaired) electrons. The van der Waals surface area contributed by atoms with Gasteiger partial charge in [0, 0.05) is 22.4 Å². The van der Waals surface area contributed by atoms with Gasteiger partial charge < -0.3 is 14.1 Å². The first-order chi connectivity index (χ1) is 18.6. The second-order valence-electron chi connectivity index (χ2n) is 9.87. The summed E-state index contributed by atoms with van der Waals surface area (Å²) in [5, 5.41) is 0. The zero-order valence-electron chi connectivity index (χ0n) is 20.5. The lowest BCUT2D eigenvalue weighted by Crippen LogP contribution is -2.48. The van der Waals surface area contributed by atoms with E-state index in [0.717, 1.165) is 11.3 Å². The first kappa shape index (κ1) is 22.5. The van der Waals surface area contributed by atoms with Crippen LogP contribution in [0, 0.1) is 5.41 Å². The molecule has 6 heteroatoms. The Labute approximate surface area is 219 Å². The molecule has 3 atom stereocenters. The van der Waals surface area contributed by atoms with Crippen molar-refractivity contribution >= 4 is 29.1 Å². The number of benzene rings is 3. The molecular weight excluding hydrogens is 478 g/mol. The van der Waals surface area contributed by atoms with Crippen molar-refractivity contribution in [1.82, 2.24) is 0 Å². The van der Waals surface area contributed by atoms with Crippen LogP contribution in [0.5, 0.6) is 5.75 Å². The second kappa shape index (κ2) is 8.15. The number of rotatable bonds is 4. The van der Waals surface area contributed by atoms with Crippen LogP contribution in [0.4, 0.5) is 5.69 Å². The molecule has 1 aliphatic carbocycles. The smallest absolute Gasteiger partial charge is 0.186 e. The van der Waals surface area contributed by atoms with Crippen LogP contribution in [0.25, 0.3) is 6.08 Å². The maximum Gasteiger partial charge on any atom is 0.186 e. The Morgan fingerprint density at radius 1 is 0.868 bits per heavy atom. The number of ether oxygens (including phenoxy) is 1. The summed E-state index contributed by atoms with van der Waals surface area (Å²) in [5.41, 5.74) is 1.40. The number of anilines is 1. The number of hydrogen-bond acceptors (Lipinski definition) is 6. The molecule has 0 N–H and O–H groups in total. The number of furan rings is 1. The number of hydrogen-bond donors (Lipinski definition) is 0. The summed E-state index contributed by atoms with van der Waals surface area (Å²) in [5.74, 6) is -0.524. The van der Waals surface area contributed by atoms with Gasteiger partial charge in [-0.3, -0.25) is 14.4 Å². The number of carbonyl (C=O) groups is 3. The lowest BCUT2D eigenvalue weighted by atomic mass is 9.65. The summed E-state index contributed by atoms with van der Waals surface area (Å²) in [6.07, 6.45) is 5.37. The highest BCUT2D eigenvalue weighted by Gasteiger charge is 2.72. The van der Waals surface area contributed by atoms with E-state index in [-0.39, 0.29) is 17.3 Å². The van der Waals surface area contributed by atoms with Crippen LogP contribution >= 0.6 is 0 Å². The largest absolute Gasteiger partial charge is 0.497 e. The lowest BCUT2D eigenvalue weighted by Gasteiger charge is -2.37.